The molecule has 0 radical (unpaired) electrons. The lowest BCUT2D eigenvalue weighted by atomic mass is 10.2. The maximum Gasteiger partial charge on any atom is 0.129 e. The first-order valence-electron chi connectivity index (χ1n) is 5.65. The summed E-state index contributed by atoms with van der Waals surface area (Å²) in [5.74, 6) is 2.16. The maximum absolute atomic E-state index is 5.43. The van der Waals surface area contributed by atoms with Crippen LogP contribution in [0, 0.1) is 5.92 Å². The van der Waals surface area contributed by atoms with Crippen molar-refractivity contribution < 1.29 is 13.9 Å². The number of hydrogen-bond acceptors (Lipinski definition) is 4. The van der Waals surface area contributed by atoms with Gasteiger partial charge < -0.3 is 19.6 Å². The minimum absolute atomic E-state index is 0.428. The van der Waals surface area contributed by atoms with Crippen LogP contribution >= 0.6 is 0 Å². The minimum atomic E-state index is 0.428. The molecule has 1 aromatic heterocycles. The van der Waals surface area contributed by atoms with Gasteiger partial charge in [-0.2, -0.15) is 0 Å². The molecule has 1 aromatic rings. The molecule has 1 rings (SSSR count). The molecule has 0 aliphatic rings. The van der Waals surface area contributed by atoms with E-state index < -0.39 is 0 Å². The van der Waals surface area contributed by atoms with Gasteiger partial charge in [0.05, 0.1) is 19.8 Å². The lowest BCUT2D eigenvalue weighted by Crippen LogP contribution is -2.08. The quantitative estimate of drug-likeness (QED) is 0.689. The second kappa shape index (κ2) is 7.44. The molecule has 0 aliphatic heterocycles. The summed E-state index contributed by atoms with van der Waals surface area (Å²) in [6.07, 6.45) is 0. The molecule has 0 fully saturated rings. The highest BCUT2D eigenvalue weighted by molar-refractivity contribution is 5.05. The molecule has 0 saturated carbocycles. The summed E-state index contributed by atoms with van der Waals surface area (Å²) in [4.78, 5) is 0. The lowest BCUT2D eigenvalue weighted by molar-refractivity contribution is 0.0262. The van der Waals surface area contributed by atoms with Crippen LogP contribution in [0.2, 0.25) is 0 Å². The third-order valence-corrected chi connectivity index (χ3v) is 1.99. The van der Waals surface area contributed by atoms with Crippen molar-refractivity contribution in [3.63, 3.8) is 0 Å². The van der Waals surface area contributed by atoms with Gasteiger partial charge in [0.25, 0.3) is 0 Å². The third kappa shape index (κ3) is 5.30. The van der Waals surface area contributed by atoms with Crippen LogP contribution in [0.15, 0.2) is 16.5 Å². The zero-order chi connectivity index (χ0) is 11.8. The van der Waals surface area contributed by atoms with Crippen molar-refractivity contribution in [2.24, 2.45) is 11.7 Å². The van der Waals surface area contributed by atoms with Crippen molar-refractivity contribution in [2.75, 3.05) is 19.8 Å². The summed E-state index contributed by atoms with van der Waals surface area (Å²) >= 11 is 0. The topological polar surface area (TPSA) is 57.6 Å². The molecule has 1 heterocycles. The van der Waals surface area contributed by atoms with E-state index in [1.807, 2.05) is 12.1 Å². The van der Waals surface area contributed by atoms with Crippen LogP contribution in [-0.4, -0.2) is 19.8 Å². The van der Waals surface area contributed by atoms with Crippen LogP contribution in [0.4, 0.5) is 0 Å². The molecule has 0 amide bonds. The fourth-order valence-electron chi connectivity index (χ4n) is 1.22. The first-order valence-corrected chi connectivity index (χ1v) is 5.65. The van der Waals surface area contributed by atoms with Crippen LogP contribution < -0.4 is 5.73 Å². The third-order valence-electron chi connectivity index (χ3n) is 1.99. The average molecular weight is 227 g/mol. The van der Waals surface area contributed by atoms with Gasteiger partial charge in [-0.25, -0.2) is 0 Å². The van der Waals surface area contributed by atoms with Crippen molar-refractivity contribution in [2.45, 2.75) is 27.0 Å². The first kappa shape index (κ1) is 13.2. The van der Waals surface area contributed by atoms with Crippen LogP contribution in [-0.2, 0) is 22.6 Å². The maximum atomic E-state index is 5.43. The molecule has 16 heavy (non-hydrogen) atoms. The Balaban J connectivity index is 2.02. The van der Waals surface area contributed by atoms with E-state index in [1.54, 1.807) is 0 Å². The average Bonchev–Trinajstić information content (AvgIpc) is 2.70. The molecule has 0 spiro atoms. The molecule has 4 nitrogen and oxygen atoms in total. The normalized spacial score (nSPS) is 11.2. The molecule has 0 unspecified atom stereocenters. The fourth-order valence-corrected chi connectivity index (χ4v) is 1.22. The lowest BCUT2D eigenvalue weighted by Gasteiger charge is -2.06. The van der Waals surface area contributed by atoms with Gasteiger partial charge in [-0.1, -0.05) is 13.8 Å². The van der Waals surface area contributed by atoms with E-state index in [9.17, 15) is 0 Å². The van der Waals surface area contributed by atoms with Crippen LogP contribution in [0.25, 0.3) is 0 Å². The Kier molecular flexibility index (Phi) is 6.15. The van der Waals surface area contributed by atoms with Gasteiger partial charge in [0, 0.05) is 6.61 Å². The van der Waals surface area contributed by atoms with Gasteiger partial charge in [-0.05, 0) is 18.1 Å². The molecule has 0 atom stereocenters. The van der Waals surface area contributed by atoms with Gasteiger partial charge in [-0.15, -0.1) is 0 Å². The molecule has 0 aliphatic carbocycles. The van der Waals surface area contributed by atoms with E-state index in [-0.39, 0.29) is 0 Å². The zero-order valence-corrected chi connectivity index (χ0v) is 10.1. The Morgan fingerprint density at radius 1 is 1.19 bits per heavy atom. The van der Waals surface area contributed by atoms with E-state index in [0.29, 0.717) is 32.3 Å². The Bertz CT molecular complexity index is 284. The zero-order valence-electron chi connectivity index (χ0n) is 10.1. The summed E-state index contributed by atoms with van der Waals surface area (Å²) in [5, 5.41) is 0. The number of ether oxygens (including phenoxy) is 2. The molecule has 92 valence electrons. The SMILES string of the molecule is CC(C)COCCOCc1ccc(CN)o1. The number of rotatable bonds is 8. The van der Waals surface area contributed by atoms with Crippen molar-refractivity contribution in [3.05, 3.63) is 23.7 Å². The Labute approximate surface area is 96.7 Å². The number of hydrogen-bond donors (Lipinski definition) is 1. The second-order valence-electron chi connectivity index (χ2n) is 4.09. The summed E-state index contributed by atoms with van der Waals surface area (Å²) < 4.78 is 16.2. The number of furan rings is 1. The van der Waals surface area contributed by atoms with Crippen molar-refractivity contribution >= 4 is 0 Å². The van der Waals surface area contributed by atoms with Crippen LogP contribution in [0.1, 0.15) is 25.4 Å². The van der Waals surface area contributed by atoms with Crippen molar-refractivity contribution in [1.29, 1.82) is 0 Å². The van der Waals surface area contributed by atoms with Crippen molar-refractivity contribution in [1.82, 2.24) is 0 Å². The Morgan fingerprint density at radius 3 is 2.50 bits per heavy atom. The summed E-state index contributed by atoms with van der Waals surface area (Å²) in [6, 6.07) is 3.76. The largest absolute Gasteiger partial charge is 0.462 e. The smallest absolute Gasteiger partial charge is 0.129 e. The van der Waals surface area contributed by atoms with Crippen LogP contribution in [0.3, 0.4) is 0 Å². The summed E-state index contributed by atoms with van der Waals surface area (Å²) in [6.45, 7) is 7.15. The molecule has 2 N–H and O–H groups in total. The van der Waals surface area contributed by atoms with Gasteiger partial charge in [0.1, 0.15) is 18.1 Å². The molecular weight excluding hydrogens is 206 g/mol. The van der Waals surface area contributed by atoms with E-state index in [2.05, 4.69) is 13.8 Å². The number of nitrogens with two attached hydrogens (primary N) is 1. The van der Waals surface area contributed by atoms with E-state index in [1.165, 1.54) is 0 Å². The summed E-state index contributed by atoms with van der Waals surface area (Å²) in [7, 11) is 0. The van der Waals surface area contributed by atoms with Gasteiger partial charge >= 0.3 is 0 Å². The van der Waals surface area contributed by atoms with Crippen LogP contribution in [0.5, 0.6) is 0 Å². The van der Waals surface area contributed by atoms with Gasteiger partial charge in [0.2, 0.25) is 0 Å². The first-order chi connectivity index (χ1) is 7.72. The van der Waals surface area contributed by atoms with E-state index in [4.69, 9.17) is 19.6 Å². The molecule has 0 aromatic carbocycles. The predicted octanol–water partition coefficient (Wildman–Crippen LogP) is 1.93. The van der Waals surface area contributed by atoms with Gasteiger partial charge in [0.15, 0.2) is 0 Å². The fraction of sp³-hybridized carbons (Fsp3) is 0.667. The van der Waals surface area contributed by atoms with Crippen molar-refractivity contribution in [3.8, 4) is 0 Å². The highest BCUT2D eigenvalue weighted by Gasteiger charge is 2.00. The van der Waals surface area contributed by atoms with Gasteiger partial charge in [-0.3, -0.25) is 0 Å². The monoisotopic (exact) mass is 227 g/mol. The molecule has 0 saturated heterocycles. The molecule has 0 bridgehead atoms. The predicted molar refractivity (Wildman–Crippen MR) is 61.9 cm³/mol. The molecule has 4 heteroatoms. The standard InChI is InChI=1S/C12H21NO3/c1-10(2)8-14-5-6-15-9-12-4-3-11(7-13)16-12/h3-4,10H,5-9,13H2,1-2H3. The highest BCUT2D eigenvalue weighted by Crippen LogP contribution is 2.07. The Morgan fingerprint density at radius 2 is 1.88 bits per heavy atom. The second-order valence-corrected chi connectivity index (χ2v) is 4.09. The minimum Gasteiger partial charge on any atom is -0.462 e. The molecular formula is C12H21NO3. The Hall–Kier alpha value is -0.840. The van der Waals surface area contributed by atoms with E-state index in [0.717, 1.165) is 18.1 Å². The summed E-state index contributed by atoms with van der Waals surface area (Å²) in [5.41, 5.74) is 5.43. The van der Waals surface area contributed by atoms with E-state index >= 15 is 0 Å². The highest BCUT2D eigenvalue weighted by atomic mass is 16.5.